The number of nitrogens with one attached hydrogen (secondary N) is 1. The van der Waals surface area contributed by atoms with Crippen LogP contribution >= 0.6 is 0 Å². The molecular weight excluding hydrogens is 511 g/mol. The Morgan fingerprint density at radius 3 is 2.42 bits per heavy atom. The van der Waals surface area contributed by atoms with Crippen LogP contribution in [0.5, 0.6) is 0 Å². The van der Waals surface area contributed by atoms with E-state index in [4.69, 9.17) is 9.15 Å². The zero-order valence-electron chi connectivity index (χ0n) is 22.3. The fraction of sp³-hybridized carbons (Fsp3) is 0.290. The van der Waals surface area contributed by atoms with Gasteiger partial charge in [0.1, 0.15) is 18.1 Å². The topological polar surface area (TPSA) is 78.3 Å². The van der Waals surface area contributed by atoms with Gasteiger partial charge in [-0.15, -0.1) is 0 Å². The van der Waals surface area contributed by atoms with E-state index in [1.54, 1.807) is 40.3 Å². The Hall–Kier alpha value is -4.21. The average Bonchev–Trinajstić information content (AvgIpc) is 3.50. The smallest absolute Gasteiger partial charge is 0.322 e. The van der Waals surface area contributed by atoms with Crippen LogP contribution in [0.15, 0.2) is 89.5 Å². The van der Waals surface area contributed by atoms with Gasteiger partial charge in [-0.05, 0) is 41.3 Å². The second-order valence-electron chi connectivity index (χ2n) is 9.79. The summed E-state index contributed by atoms with van der Waals surface area (Å²) in [4.78, 5) is 32.8. The molecule has 1 saturated heterocycles. The predicted molar refractivity (Wildman–Crippen MR) is 151 cm³/mol. The number of amides is 3. The van der Waals surface area contributed by atoms with Crippen molar-refractivity contribution in [2.75, 3.05) is 51.3 Å². The van der Waals surface area contributed by atoms with Gasteiger partial charge in [-0.1, -0.05) is 48.5 Å². The molecular formula is C31H33FN4O4. The first-order valence-electron chi connectivity index (χ1n) is 13.4. The van der Waals surface area contributed by atoms with Crippen LogP contribution in [0, 0.1) is 5.82 Å². The fourth-order valence-electron chi connectivity index (χ4n) is 4.76. The third-order valence-corrected chi connectivity index (χ3v) is 7.00. The first-order valence-corrected chi connectivity index (χ1v) is 13.4. The number of hydrogen-bond acceptors (Lipinski definition) is 5. The van der Waals surface area contributed by atoms with Gasteiger partial charge in [0, 0.05) is 38.1 Å². The van der Waals surface area contributed by atoms with Gasteiger partial charge in [-0.2, -0.15) is 0 Å². The lowest BCUT2D eigenvalue weighted by molar-refractivity contribution is -0.133. The molecule has 0 spiro atoms. The minimum absolute atomic E-state index is 0.122. The molecule has 3 aromatic carbocycles. The number of benzene rings is 3. The monoisotopic (exact) mass is 544 g/mol. The normalized spacial score (nSPS) is 13.7. The Balaban J connectivity index is 1.35. The highest BCUT2D eigenvalue weighted by molar-refractivity contribution is 6.02. The molecule has 0 unspecified atom stereocenters. The van der Waals surface area contributed by atoms with Crippen molar-refractivity contribution >= 4 is 28.4 Å². The zero-order valence-corrected chi connectivity index (χ0v) is 22.3. The van der Waals surface area contributed by atoms with Crippen LogP contribution in [0.25, 0.3) is 10.8 Å². The third kappa shape index (κ3) is 7.25. The number of rotatable bonds is 10. The molecule has 0 atom stereocenters. The van der Waals surface area contributed by atoms with Crippen LogP contribution in [-0.4, -0.2) is 72.6 Å². The van der Waals surface area contributed by atoms with Crippen molar-refractivity contribution in [3.8, 4) is 0 Å². The van der Waals surface area contributed by atoms with E-state index in [-0.39, 0.29) is 37.4 Å². The molecule has 8 nitrogen and oxygen atoms in total. The zero-order chi connectivity index (χ0) is 27.7. The molecule has 3 amide bonds. The summed E-state index contributed by atoms with van der Waals surface area (Å²) in [5.74, 6) is 0.0402. The maximum absolute atomic E-state index is 13.7. The molecule has 4 aromatic rings. The first-order chi connectivity index (χ1) is 19.5. The van der Waals surface area contributed by atoms with Crippen molar-refractivity contribution in [2.24, 2.45) is 0 Å². The summed E-state index contributed by atoms with van der Waals surface area (Å²) in [6, 6.07) is 22.9. The van der Waals surface area contributed by atoms with Gasteiger partial charge in [-0.3, -0.25) is 9.69 Å². The number of fused-ring (bicyclic) bond motifs is 1. The SMILES string of the molecule is O=C(CN(CCN1CCOCC1)C(=O)Nc1cccc2ccccc12)N(Cc1ccc(F)cc1)Cc1ccco1. The second-order valence-corrected chi connectivity index (χ2v) is 9.79. The summed E-state index contributed by atoms with van der Waals surface area (Å²) >= 11 is 0. The van der Waals surface area contributed by atoms with Crippen LogP contribution in [-0.2, 0) is 22.6 Å². The summed E-state index contributed by atoms with van der Waals surface area (Å²) in [5, 5.41) is 4.97. The molecule has 40 heavy (non-hydrogen) atoms. The number of halogens is 1. The summed E-state index contributed by atoms with van der Waals surface area (Å²) in [6.07, 6.45) is 1.56. The average molecular weight is 545 g/mol. The number of carbonyl (C=O) groups excluding carboxylic acids is 2. The lowest BCUT2D eigenvalue weighted by Crippen LogP contribution is -2.48. The Morgan fingerprint density at radius 2 is 1.65 bits per heavy atom. The van der Waals surface area contributed by atoms with E-state index in [0.717, 1.165) is 29.4 Å². The maximum Gasteiger partial charge on any atom is 0.322 e. The number of carbonyl (C=O) groups is 2. The van der Waals surface area contributed by atoms with Gasteiger partial charge in [0.05, 0.1) is 31.7 Å². The molecule has 9 heteroatoms. The highest BCUT2D eigenvalue weighted by Gasteiger charge is 2.24. The van der Waals surface area contributed by atoms with Crippen LogP contribution in [0.3, 0.4) is 0 Å². The van der Waals surface area contributed by atoms with Gasteiger partial charge in [0.15, 0.2) is 0 Å². The molecule has 1 aliphatic heterocycles. The Morgan fingerprint density at radius 1 is 0.875 bits per heavy atom. The van der Waals surface area contributed by atoms with Crippen LogP contribution in [0.2, 0.25) is 0 Å². The van der Waals surface area contributed by atoms with Gasteiger partial charge in [-0.25, -0.2) is 9.18 Å². The van der Waals surface area contributed by atoms with Gasteiger partial charge in [0.25, 0.3) is 0 Å². The Kier molecular flexibility index (Phi) is 9.05. The largest absolute Gasteiger partial charge is 0.467 e. The maximum atomic E-state index is 13.7. The van der Waals surface area contributed by atoms with Gasteiger partial charge >= 0.3 is 6.03 Å². The van der Waals surface area contributed by atoms with E-state index >= 15 is 0 Å². The lowest BCUT2D eigenvalue weighted by Gasteiger charge is -2.31. The number of furan rings is 1. The molecule has 2 heterocycles. The van der Waals surface area contributed by atoms with E-state index in [2.05, 4.69) is 10.2 Å². The minimum Gasteiger partial charge on any atom is -0.467 e. The predicted octanol–water partition coefficient (Wildman–Crippen LogP) is 4.97. The molecule has 5 rings (SSSR count). The number of nitrogens with zero attached hydrogens (tertiary/aromatic N) is 3. The second kappa shape index (κ2) is 13.2. The van der Waals surface area contributed by atoms with E-state index in [1.807, 2.05) is 42.5 Å². The number of morpholine rings is 1. The first kappa shape index (κ1) is 27.4. The number of hydrogen-bond donors (Lipinski definition) is 1. The van der Waals surface area contributed by atoms with Gasteiger partial charge < -0.3 is 24.3 Å². The summed E-state index contributed by atoms with van der Waals surface area (Å²) in [6.45, 7) is 4.20. The molecule has 0 aliphatic carbocycles. The van der Waals surface area contributed by atoms with Crippen LogP contribution in [0.1, 0.15) is 11.3 Å². The molecule has 208 valence electrons. The van der Waals surface area contributed by atoms with Crippen molar-refractivity contribution in [1.82, 2.24) is 14.7 Å². The lowest BCUT2D eigenvalue weighted by atomic mass is 10.1. The summed E-state index contributed by atoms with van der Waals surface area (Å²) in [5.41, 5.74) is 1.46. The van der Waals surface area contributed by atoms with Crippen molar-refractivity contribution < 1.29 is 23.1 Å². The fourth-order valence-corrected chi connectivity index (χ4v) is 4.76. The quantitative estimate of drug-likeness (QED) is 0.305. The molecule has 0 bridgehead atoms. The Bertz CT molecular complexity index is 1400. The third-order valence-electron chi connectivity index (χ3n) is 7.00. The molecule has 1 N–H and O–H groups in total. The summed E-state index contributed by atoms with van der Waals surface area (Å²) < 4.78 is 24.5. The number of anilines is 1. The van der Waals surface area contributed by atoms with Crippen LogP contribution < -0.4 is 5.32 Å². The van der Waals surface area contributed by atoms with Crippen LogP contribution in [0.4, 0.5) is 14.9 Å². The van der Waals surface area contributed by atoms with Gasteiger partial charge in [0.2, 0.25) is 5.91 Å². The van der Waals surface area contributed by atoms with E-state index in [9.17, 15) is 14.0 Å². The molecule has 1 fully saturated rings. The minimum atomic E-state index is -0.349. The highest BCUT2D eigenvalue weighted by Crippen LogP contribution is 2.23. The van der Waals surface area contributed by atoms with E-state index in [0.29, 0.717) is 37.8 Å². The van der Waals surface area contributed by atoms with Crippen molar-refractivity contribution in [1.29, 1.82) is 0 Å². The highest BCUT2D eigenvalue weighted by atomic mass is 19.1. The molecule has 0 saturated carbocycles. The number of ether oxygens (including phenoxy) is 1. The number of urea groups is 1. The van der Waals surface area contributed by atoms with Crippen molar-refractivity contribution in [3.05, 3.63) is 102 Å². The molecule has 1 aromatic heterocycles. The molecule has 1 aliphatic rings. The van der Waals surface area contributed by atoms with E-state index in [1.165, 1.54) is 12.1 Å². The van der Waals surface area contributed by atoms with Crippen molar-refractivity contribution in [3.63, 3.8) is 0 Å². The molecule has 0 radical (unpaired) electrons. The van der Waals surface area contributed by atoms with E-state index < -0.39 is 0 Å². The van der Waals surface area contributed by atoms with Crippen molar-refractivity contribution in [2.45, 2.75) is 13.1 Å². The summed E-state index contributed by atoms with van der Waals surface area (Å²) in [7, 11) is 0. The Labute approximate surface area is 232 Å². The standard InChI is InChI=1S/C31H33FN4O4/c32-26-12-10-24(11-13-26)21-36(22-27-7-4-18-40-27)30(37)23-35(15-14-34-16-19-39-20-17-34)31(38)33-29-9-3-6-25-5-1-2-8-28(25)29/h1-13,18H,14-17,19-23H2,(H,33,38).